The molecule has 1 N–H and O–H groups in total. The molecule has 0 heterocycles. The van der Waals surface area contributed by atoms with Crippen molar-refractivity contribution in [1.29, 1.82) is 5.26 Å². The van der Waals surface area contributed by atoms with E-state index in [4.69, 9.17) is 27.9 Å². The van der Waals surface area contributed by atoms with E-state index in [0.29, 0.717) is 33.5 Å². The fraction of sp³-hybridized carbons (Fsp3) is 0.0769. The lowest BCUT2D eigenvalue weighted by atomic mass is 10.0. The Bertz CT molecular complexity index is 1320. The lowest BCUT2D eigenvalue weighted by Gasteiger charge is -2.14. The Balaban J connectivity index is 1.87. The van der Waals surface area contributed by atoms with Gasteiger partial charge in [-0.3, -0.25) is 4.79 Å². The van der Waals surface area contributed by atoms with Crippen molar-refractivity contribution in [3.63, 3.8) is 0 Å². The zero-order valence-corrected chi connectivity index (χ0v) is 20.8. The van der Waals surface area contributed by atoms with Gasteiger partial charge in [-0.15, -0.1) is 6.58 Å². The van der Waals surface area contributed by atoms with Crippen LogP contribution in [0.3, 0.4) is 0 Å². The first-order valence-electron chi connectivity index (χ1n) is 10.00. The maximum Gasteiger partial charge on any atom is 0.266 e. The topological polar surface area (TPSA) is 62.1 Å². The van der Waals surface area contributed by atoms with Gasteiger partial charge in [0.25, 0.3) is 5.91 Å². The Labute approximate surface area is 215 Å². The maximum atomic E-state index is 13.5. The summed E-state index contributed by atoms with van der Waals surface area (Å²) in [4.78, 5) is 12.7. The van der Waals surface area contributed by atoms with Gasteiger partial charge >= 0.3 is 0 Å². The van der Waals surface area contributed by atoms with Gasteiger partial charge in [-0.2, -0.15) is 5.26 Å². The summed E-state index contributed by atoms with van der Waals surface area (Å²) in [6.45, 7) is 3.95. The number of halogens is 4. The minimum absolute atomic E-state index is 0.124. The molecular weight excluding hydrogens is 542 g/mol. The zero-order valence-electron chi connectivity index (χ0n) is 17.7. The van der Waals surface area contributed by atoms with Crippen LogP contribution in [0.4, 0.5) is 10.1 Å². The highest BCUT2D eigenvalue weighted by Crippen LogP contribution is 2.34. The van der Waals surface area contributed by atoms with Crippen LogP contribution >= 0.6 is 39.1 Å². The third kappa shape index (κ3) is 6.48. The number of nitrogens with one attached hydrogen (secondary N) is 1. The Morgan fingerprint density at radius 1 is 1.21 bits per heavy atom. The second-order valence-electron chi connectivity index (χ2n) is 7.13. The van der Waals surface area contributed by atoms with E-state index in [-0.39, 0.29) is 28.0 Å². The molecule has 3 aromatic rings. The third-order valence-corrected chi connectivity index (χ3v) is 6.06. The number of rotatable bonds is 8. The molecule has 8 heteroatoms. The molecule has 0 atom stereocenters. The highest BCUT2D eigenvalue weighted by molar-refractivity contribution is 9.10. The fourth-order valence-electron chi connectivity index (χ4n) is 3.11. The van der Waals surface area contributed by atoms with Gasteiger partial charge in [-0.25, -0.2) is 4.39 Å². The molecule has 0 aliphatic rings. The van der Waals surface area contributed by atoms with E-state index in [1.807, 2.05) is 6.07 Å². The largest absolute Gasteiger partial charge is 0.487 e. The van der Waals surface area contributed by atoms with Crippen molar-refractivity contribution in [3.8, 4) is 11.8 Å². The van der Waals surface area contributed by atoms with Gasteiger partial charge in [0, 0.05) is 0 Å². The molecule has 0 spiro atoms. The van der Waals surface area contributed by atoms with Crippen molar-refractivity contribution < 1.29 is 13.9 Å². The van der Waals surface area contributed by atoms with Gasteiger partial charge in [-0.05, 0) is 81.5 Å². The predicted molar refractivity (Wildman–Crippen MR) is 137 cm³/mol. The number of carbonyl (C=O) groups excluding carboxylic acids is 1. The Morgan fingerprint density at radius 2 is 1.97 bits per heavy atom. The maximum absolute atomic E-state index is 13.5. The van der Waals surface area contributed by atoms with Gasteiger partial charge in [0.15, 0.2) is 0 Å². The van der Waals surface area contributed by atoms with Crippen LogP contribution in [0.5, 0.6) is 5.75 Å². The van der Waals surface area contributed by atoms with Gasteiger partial charge in [-0.1, -0.05) is 47.5 Å². The third-order valence-electron chi connectivity index (χ3n) is 4.66. The van der Waals surface area contributed by atoms with E-state index in [2.05, 4.69) is 27.8 Å². The van der Waals surface area contributed by atoms with E-state index in [9.17, 15) is 14.4 Å². The minimum Gasteiger partial charge on any atom is -0.487 e. The molecular formula is C26H18BrCl2FN2O2. The smallest absolute Gasteiger partial charge is 0.266 e. The first-order valence-corrected chi connectivity index (χ1v) is 11.5. The number of carbonyl (C=O) groups is 1. The zero-order chi connectivity index (χ0) is 24.7. The summed E-state index contributed by atoms with van der Waals surface area (Å²) in [5.41, 5.74) is 2.24. The van der Waals surface area contributed by atoms with E-state index in [1.54, 1.807) is 48.5 Å². The number of ether oxygens (including phenoxy) is 1. The van der Waals surface area contributed by atoms with Gasteiger partial charge in [0.1, 0.15) is 29.8 Å². The van der Waals surface area contributed by atoms with E-state index >= 15 is 0 Å². The fourth-order valence-corrected chi connectivity index (χ4v) is 4.09. The molecule has 0 aliphatic carbocycles. The predicted octanol–water partition coefficient (Wildman–Crippen LogP) is 7.75. The quantitative estimate of drug-likeness (QED) is 0.174. The summed E-state index contributed by atoms with van der Waals surface area (Å²) in [5.74, 6) is -0.400. The molecule has 0 aromatic heterocycles. The molecule has 172 valence electrons. The first-order chi connectivity index (χ1) is 16.3. The molecule has 0 bridgehead atoms. The molecule has 4 nitrogen and oxygen atoms in total. The monoisotopic (exact) mass is 558 g/mol. The Kier molecular flexibility index (Phi) is 8.89. The van der Waals surface area contributed by atoms with E-state index < -0.39 is 5.91 Å². The van der Waals surface area contributed by atoms with Crippen LogP contribution in [0.2, 0.25) is 10.0 Å². The van der Waals surface area contributed by atoms with Crippen LogP contribution in [0, 0.1) is 17.1 Å². The molecule has 34 heavy (non-hydrogen) atoms. The number of anilines is 1. The Hall–Kier alpha value is -3.11. The number of allylic oxidation sites excluding steroid dienone is 1. The van der Waals surface area contributed by atoms with Crippen LogP contribution in [0.15, 0.2) is 77.3 Å². The summed E-state index contributed by atoms with van der Waals surface area (Å²) in [6.07, 6.45) is 3.65. The van der Waals surface area contributed by atoms with Crippen LogP contribution in [-0.2, 0) is 17.8 Å². The van der Waals surface area contributed by atoms with Crippen molar-refractivity contribution in [2.45, 2.75) is 13.0 Å². The van der Waals surface area contributed by atoms with Gasteiger partial charge in [0.2, 0.25) is 0 Å². The van der Waals surface area contributed by atoms with Crippen molar-refractivity contribution in [3.05, 3.63) is 110 Å². The lowest BCUT2D eigenvalue weighted by Crippen LogP contribution is -2.13. The lowest BCUT2D eigenvalue weighted by molar-refractivity contribution is -0.112. The van der Waals surface area contributed by atoms with E-state index in [1.165, 1.54) is 18.2 Å². The van der Waals surface area contributed by atoms with Crippen LogP contribution in [-0.4, -0.2) is 5.91 Å². The summed E-state index contributed by atoms with van der Waals surface area (Å²) < 4.78 is 20.0. The highest BCUT2D eigenvalue weighted by atomic mass is 79.9. The van der Waals surface area contributed by atoms with Gasteiger partial charge < -0.3 is 10.1 Å². The molecule has 0 radical (unpaired) electrons. The van der Waals surface area contributed by atoms with Crippen molar-refractivity contribution in [2.75, 3.05) is 5.32 Å². The number of nitrogens with zero attached hydrogens (tertiary/aromatic N) is 1. The second-order valence-corrected chi connectivity index (χ2v) is 8.77. The number of nitriles is 1. The minimum atomic E-state index is -0.625. The van der Waals surface area contributed by atoms with Crippen LogP contribution < -0.4 is 10.1 Å². The summed E-state index contributed by atoms with van der Waals surface area (Å²) in [7, 11) is 0. The molecule has 0 saturated carbocycles. The molecule has 3 aromatic carbocycles. The molecule has 0 fully saturated rings. The number of benzene rings is 3. The number of hydrogen-bond acceptors (Lipinski definition) is 3. The summed E-state index contributed by atoms with van der Waals surface area (Å²) in [6, 6.07) is 16.4. The van der Waals surface area contributed by atoms with E-state index in [0.717, 1.165) is 5.56 Å². The Morgan fingerprint density at radius 3 is 2.68 bits per heavy atom. The molecule has 0 unspecified atom stereocenters. The normalized spacial score (nSPS) is 11.0. The molecule has 1 amide bonds. The first kappa shape index (κ1) is 25.5. The average Bonchev–Trinajstić information content (AvgIpc) is 2.80. The standard InChI is InChI=1S/C26H18BrCl2FN2O2/c1-2-5-18-10-17(13-21(27)25(18)34-15-16-6-3-7-20(30)12-16)11-19(14-31)26(33)32-23-9-4-8-22(28)24(23)29/h2-4,6-13H,1,5,15H2,(H,32,33)/b19-11-. The SMILES string of the molecule is C=CCc1cc(/C=C(/C#N)C(=O)Nc2cccc(Cl)c2Cl)cc(Br)c1OCc1cccc(F)c1. The molecule has 3 rings (SSSR count). The summed E-state index contributed by atoms with van der Waals surface area (Å²) >= 11 is 15.6. The van der Waals surface area contributed by atoms with Crippen LogP contribution in [0.1, 0.15) is 16.7 Å². The average molecular weight is 560 g/mol. The summed E-state index contributed by atoms with van der Waals surface area (Å²) in [5, 5.41) is 12.6. The second kappa shape index (κ2) is 11.8. The van der Waals surface area contributed by atoms with Crippen molar-refractivity contribution in [1.82, 2.24) is 0 Å². The number of amides is 1. The molecule has 0 saturated heterocycles. The molecule has 0 aliphatic heterocycles. The van der Waals surface area contributed by atoms with Crippen LogP contribution in [0.25, 0.3) is 6.08 Å². The van der Waals surface area contributed by atoms with Crippen molar-refractivity contribution in [2.24, 2.45) is 0 Å². The number of hydrogen-bond donors (Lipinski definition) is 1. The van der Waals surface area contributed by atoms with Crippen molar-refractivity contribution >= 4 is 56.8 Å². The highest BCUT2D eigenvalue weighted by Gasteiger charge is 2.15. The van der Waals surface area contributed by atoms with Gasteiger partial charge in [0.05, 0.1) is 20.2 Å².